The molecule has 1 atom stereocenters. The van der Waals surface area contributed by atoms with E-state index in [1.807, 2.05) is 18.9 Å². The Labute approximate surface area is 109 Å². The maximum absolute atomic E-state index is 12.0. The van der Waals surface area contributed by atoms with E-state index in [2.05, 4.69) is 10.6 Å². The molecule has 1 aliphatic heterocycles. The van der Waals surface area contributed by atoms with Crippen LogP contribution in [0.2, 0.25) is 0 Å². The van der Waals surface area contributed by atoms with E-state index in [4.69, 9.17) is 0 Å². The van der Waals surface area contributed by atoms with E-state index in [-0.39, 0.29) is 11.8 Å². The average molecular weight is 255 g/mol. The number of amides is 2. The first kappa shape index (κ1) is 15.0. The fourth-order valence-electron chi connectivity index (χ4n) is 2.28. The molecule has 0 aromatic heterocycles. The van der Waals surface area contributed by atoms with Gasteiger partial charge in [-0.25, -0.2) is 0 Å². The Kier molecular flexibility index (Phi) is 6.72. The summed E-state index contributed by atoms with van der Waals surface area (Å²) < 4.78 is 0. The second-order valence-electron chi connectivity index (χ2n) is 4.77. The van der Waals surface area contributed by atoms with Crippen LogP contribution in [0.15, 0.2) is 0 Å². The van der Waals surface area contributed by atoms with Crippen LogP contribution in [0.4, 0.5) is 0 Å². The monoisotopic (exact) mass is 255 g/mol. The Bertz CT molecular complexity index is 281. The molecule has 104 valence electrons. The van der Waals surface area contributed by atoms with Crippen LogP contribution >= 0.6 is 0 Å². The van der Waals surface area contributed by atoms with Crippen LogP contribution < -0.4 is 10.6 Å². The van der Waals surface area contributed by atoms with Crippen LogP contribution in [0.25, 0.3) is 0 Å². The molecule has 0 radical (unpaired) electrons. The van der Waals surface area contributed by atoms with Gasteiger partial charge in [0, 0.05) is 38.5 Å². The van der Waals surface area contributed by atoms with Gasteiger partial charge in [-0.1, -0.05) is 0 Å². The van der Waals surface area contributed by atoms with E-state index >= 15 is 0 Å². The van der Waals surface area contributed by atoms with Crippen molar-refractivity contribution in [3.8, 4) is 0 Å². The average Bonchev–Trinajstić information content (AvgIpc) is 2.39. The predicted octanol–water partition coefficient (Wildman–Crippen LogP) is 0.503. The number of piperidine rings is 1. The summed E-state index contributed by atoms with van der Waals surface area (Å²) in [7, 11) is 1.94. The normalized spacial score (nSPS) is 19.7. The van der Waals surface area contributed by atoms with Crippen LogP contribution in [-0.4, -0.2) is 49.4 Å². The highest BCUT2D eigenvalue weighted by molar-refractivity contribution is 5.79. The lowest BCUT2D eigenvalue weighted by atomic mass is 10.1. The molecule has 2 N–H and O–H groups in total. The molecule has 1 aliphatic rings. The quantitative estimate of drug-likeness (QED) is 0.726. The molecule has 1 saturated heterocycles. The number of nitrogens with zero attached hydrogens (tertiary/aromatic N) is 1. The first-order valence-electron chi connectivity index (χ1n) is 6.89. The molecule has 0 bridgehead atoms. The third kappa shape index (κ3) is 5.04. The molecular formula is C13H25N3O2. The van der Waals surface area contributed by atoms with E-state index in [0.717, 1.165) is 25.9 Å². The molecule has 1 heterocycles. The number of carbonyl (C=O) groups excluding carboxylic acids is 2. The number of likely N-dealkylation sites (tertiary alicyclic amines) is 1. The van der Waals surface area contributed by atoms with Gasteiger partial charge in [-0.2, -0.15) is 0 Å². The topological polar surface area (TPSA) is 61.4 Å². The summed E-state index contributed by atoms with van der Waals surface area (Å²) in [5, 5.41) is 5.96. The number of hydrogen-bond donors (Lipinski definition) is 2. The van der Waals surface area contributed by atoms with E-state index < -0.39 is 0 Å². The molecule has 5 heteroatoms. The number of rotatable bonds is 6. The van der Waals surface area contributed by atoms with Crippen molar-refractivity contribution in [1.82, 2.24) is 15.5 Å². The summed E-state index contributed by atoms with van der Waals surface area (Å²) >= 11 is 0. The molecule has 0 aliphatic carbocycles. The Morgan fingerprint density at radius 1 is 1.33 bits per heavy atom. The van der Waals surface area contributed by atoms with Crippen molar-refractivity contribution in [2.75, 3.05) is 26.7 Å². The smallest absolute Gasteiger partial charge is 0.222 e. The number of carbonyl (C=O) groups is 2. The number of nitrogens with one attached hydrogen (secondary N) is 2. The molecule has 1 fully saturated rings. The SMILES string of the molecule is CCNC(=O)CCCC(=O)N1CCCC(NC)C1. The third-order valence-electron chi connectivity index (χ3n) is 3.35. The fraction of sp³-hybridized carbons (Fsp3) is 0.846. The van der Waals surface area contributed by atoms with E-state index in [1.165, 1.54) is 0 Å². The zero-order valence-electron chi connectivity index (χ0n) is 11.5. The number of likely N-dealkylation sites (N-methyl/N-ethyl adjacent to an activating group) is 1. The lowest BCUT2D eigenvalue weighted by Crippen LogP contribution is -2.46. The molecule has 2 amide bonds. The fourth-order valence-corrected chi connectivity index (χ4v) is 2.28. The van der Waals surface area contributed by atoms with Crippen molar-refractivity contribution in [3.05, 3.63) is 0 Å². The Balaban J connectivity index is 2.21. The van der Waals surface area contributed by atoms with Crippen molar-refractivity contribution < 1.29 is 9.59 Å². The maximum atomic E-state index is 12.0. The van der Waals surface area contributed by atoms with Crippen LogP contribution in [0.3, 0.4) is 0 Å². The molecule has 0 aromatic carbocycles. The van der Waals surface area contributed by atoms with Gasteiger partial charge in [0.2, 0.25) is 11.8 Å². The summed E-state index contributed by atoms with van der Waals surface area (Å²) in [5.74, 6) is 0.219. The minimum Gasteiger partial charge on any atom is -0.356 e. The second kappa shape index (κ2) is 8.08. The summed E-state index contributed by atoms with van der Waals surface area (Å²) in [5.41, 5.74) is 0. The molecule has 0 spiro atoms. The van der Waals surface area contributed by atoms with E-state index in [0.29, 0.717) is 31.8 Å². The standard InChI is InChI=1S/C13H25N3O2/c1-3-15-12(17)7-4-8-13(18)16-9-5-6-11(10-16)14-2/h11,14H,3-10H2,1-2H3,(H,15,17). The van der Waals surface area contributed by atoms with Crippen molar-refractivity contribution in [2.24, 2.45) is 0 Å². The summed E-state index contributed by atoms with van der Waals surface area (Å²) in [6.07, 6.45) is 3.77. The first-order valence-corrected chi connectivity index (χ1v) is 6.89. The van der Waals surface area contributed by atoms with Crippen molar-refractivity contribution >= 4 is 11.8 Å². The summed E-state index contributed by atoms with van der Waals surface area (Å²) in [6.45, 7) is 4.21. The van der Waals surface area contributed by atoms with E-state index in [9.17, 15) is 9.59 Å². The molecule has 1 rings (SSSR count). The Morgan fingerprint density at radius 2 is 2.11 bits per heavy atom. The van der Waals surface area contributed by atoms with Gasteiger partial charge in [0.15, 0.2) is 0 Å². The van der Waals surface area contributed by atoms with Crippen molar-refractivity contribution in [2.45, 2.75) is 45.1 Å². The zero-order valence-corrected chi connectivity index (χ0v) is 11.5. The van der Waals surface area contributed by atoms with Gasteiger partial charge in [0.25, 0.3) is 0 Å². The molecular weight excluding hydrogens is 230 g/mol. The van der Waals surface area contributed by atoms with Gasteiger partial charge < -0.3 is 15.5 Å². The zero-order chi connectivity index (χ0) is 13.4. The lowest BCUT2D eigenvalue weighted by Gasteiger charge is -2.32. The summed E-state index contributed by atoms with van der Waals surface area (Å²) in [6, 6.07) is 0.422. The predicted molar refractivity (Wildman–Crippen MR) is 71.2 cm³/mol. The van der Waals surface area contributed by atoms with Gasteiger partial charge in [0.1, 0.15) is 0 Å². The van der Waals surface area contributed by atoms with Gasteiger partial charge in [0.05, 0.1) is 0 Å². The number of hydrogen-bond acceptors (Lipinski definition) is 3. The lowest BCUT2D eigenvalue weighted by molar-refractivity contribution is -0.132. The second-order valence-corrected chi connectivity index (χ2v) is 4.77. The molecule has 18 heavy (non-hydrogen) atoms. The molecule has 0 saturated carbocycles. The Morgan fingerprint density at radius 3 is 2.78 bits per heavy atom. The highest BCUT2D eigenvalue weighted by Gasteiger charge is 2.22. The van der Waals surface area contributed by atoms with Gasteiger partial charge in [-0.3, -0.25) is 9.59 Å². The summed E-state index contributed by atoms with van der Waals surface area (Å²) in [4.78, 5) is 25.1. The highest BCUT2D eigenvalue weighted by Crippen LogP contribution is 2.12. The first-order chi connectivity index (χ1) is 8.67. The third-order valence-corrected chi connectivity index (χ3v) is 3.35. The minimum absolute atomic E-state index is 0.0389. The van der Waals surface area contributed by atoms with Crippen LogP contribution in [0.5, 0.6) is 0 Å². The molecule has 5 nitrogen and oxygen atoms in total. The molecule has 1 unspecified atom stereocenters. The Hall–Kier alpha value is -1.10. The maximum Gasteiger partial charge on any atom is 0.222 e. The van der Waals surface area contributed by atoms with Crippen LogP contribution in [-0.2, 0) is 9.59 Å². The van der Waals surface area contributed by atoms with Gasteiger partial charge >= 0.3 is 0 Å². The van der Waals surface area contributed by atoms with Gasteiger partial charge in [-0.15, -0.1) is 0 Å². The van der Waals surface area contributed by atoms with E-state index in [1.54, 1.807) is 0 Å². The van der Waals surface area contributed by atoms with Crippen molar-refractivity contribution in [1.29, 1.82) is 0 Å². The van der Waals surface area contributed by atoms with Gasteiger partial charge in [-0.05, 0) is 33.2 Å². The largest absolute Gasteiger partial charge is 0.356 e. The minimum atomic E-state index is 0.0389. The van der Waals surface area contributed by atoms with Crippen LogP contribution in [0.1, 0.15) is 39.0 Å². The van der Waals surface area contributed by atoms with Crippen molar-refractivity contribution in [3.63, 3.8) is 0 Å². The highest BCUT2D eigenvalue weighted by atomic mass is 16.2. The van der Waals surface area contributed by atoms with Crippen LogP contribution in [0, 0.1) is 0 Å². The molecule has 0 aromatic rings.